The predicted molar refractivity (Wildman–Crippen MR) is 89.1 cm³/mol. The third-order valence-corrected chi connectivity index (χ3v) is 4.32. The number of aromatic nitrogens is 2. The van der Waals surface area contributed by atoms with Crippen LogP contribution in [0.3, 0.4) is 0 Å². The summed E-state index contributed by atoms with van der Waals surface area (Å²) in [5.74, 6) is -1.52. The van der Waals surface area contributed by atoms with Gasteiger partial charge in [0.1, 0.15) is 22.5 Å². The highest BCUT2D eigenvalue weighted by Gasteiger charge is 2.17. The maximum atomic E-state index is 12.4. The van der Waals surface area contributed by atoms with Crippen molar-refractivity contribution in [3.05, 3.63) is 45.7 Å². The molecule has 0 aliphatic carbocycles. The molecule has 0 radical (unpaired) electrons. The largest absolute Gasteiger partial charge is 0.477 e. The molecule has 128 valence electrons. The number of carboxylic acids is 1. The van der Waals surface area contributed by atoms with Crippen LogP contribution in [-0.4, -0.2) is 45.5 Å². The monoisotopic (exact) mass is 349 g/mol. The zero-order valence-corrected chi connectivity index (χ0v) is 14.5. The van der Waals surface area contributed by atoms with E-state index in [0.717, 1.165) is 10.7 Å². The first kappa shape index (κ1) is 18.0. The Bertz CT molecular complexity index is 732. The molecule has 0 aliphatic rings. The lowest BCUT2D eigenvalue weighted by atomic mass is 10.2. The molecule has 2 aromatic heterocycles. The van der Waals surface area contributed by atoms with Crippen molar-refractivity contribution < 1.29 is 19.4 Å². The quantitative estimate of drug-likeness (QED) is 0.826. The Kier molecular flexibility index (Phi) is 5.99. The van der Waals surface area contributed by atoms with Crippen molar-refractivity contribution in [2.75, 3.05) is 13.7 Å². The van der Waals surface area contributed by atoms with Gasteiger partial charge < -0.3 is 14.7 Å². The van der Waals surface area contributed by atoms with E-state index in [-0.39, 0.29) is 23.4 Å². The Balaban J connectivity index is 2.06. The van der Waals surface area contributed by atoms with Crippen molar-refractivity contribution in [3.63, 3.8) is 0 Å². The van der Waals surface area contributed by atoms with E-state index in [9.17, 15) is 9.59 Å². The fraction of sp³-hybridized carbons (Fsp3) is 0.375. The van der Waals surface area contributed by atoms with Gasteiger partial charge in [0, 0.05) is 19.0 Å². The number of nitrogens with zero attached hydrogens (tertiary/aromatic N) is 3. The summed E-state index contributed by atoms with van der Waals surface area (Å²) in [6.45, 7) is 4.78. The molecule has 1 atom stereocenters. The molecule has 7 nitrogen and oxygen atoms in total. The van der Waals surface area contributed by atoms with E-state index in [1.54, 1.807) is 7.05 Å². The Labute approximate surface area is 143 Å². The van der Waals surface area contributed by atoms with Crippen LogP contribution in [0.5, 0.6) is 0 Å². The van der Waals surface area contributed by atoms with E-state index in [1.807, 2.05) is 19.2 Å². The average Bonchev–Trinajstić information content (AvgIpc) is 3.03. The molecule has 2 rings (SSSR count). The van der Waals surface area contributed by atoms with E-state index in [0.29, 0.717) is 13.2 Å². The smallest absolute Gasteiger partial charge is 0.354 e. The molecule has 0 bridgehead atoms. The SMILES string of the molecule is CCOC(C)c1nc(CN(C)C(=O)c2cccc(C(=O)O)n2)cs1. The number of pyridine rings is 1. The summed E-state index contributed by atoms with van der Waals surface area (Å²) in [7, 11) is 1.63. The van der Waals surface area contributed by atoms with Gasteiger partial charge in [0.25, 0.3) is 5.91 Å². The molecule has 0 fully saturated rings. The van der Waals surface area contributed by atoms with Gasteiger partial charge in [-0.2, -0.15) is 0 Å². The number of carbonyl (C=O) groups is 2. The summed E-state index contributed by atoms with van der Waals surface area (Å²) in [6.07, 6.45) is -0.0799. The number of rotatable bonds is 7. The van der Waals surface area contributed by atoms with Gasteiger partial charge in [-0.3, -0.25) is 4.79 Å². The standard InChI is InChI=1S/C16H19N3O4S/c1-4-23-10(2)14-17-11(9-24-14)8-19(3)15(20)12-6-5-7-13(18-12)16(21)22/h5-7,9-10H,4,8H2,1-3H3,(H,21,22). The van der Waals surface area contributed by atoms with Gasteiger partial charge in [0.2, 0.25) is 0 Å². The van der Waals surface area contributed by atoms with E-state index in [4.69, 9.17) is 9.84 Å². The van der Waals surface area contributed by atoms with E-state index >= 15 is 0 Å². The van der Waals surface area contributed by atoms with Crippen LogP contribution in [0.4, 0.5) is 0 Å². The third-order valence-electron chi connectivity index (χ3n) is 3.27. The number of hydrogen-bond acceptors (Lipinski definition) is 6. The summed E-state index contributed by atoms with van der Waals surface area (Å²) in [5, 5.41) is 11.7. The lowest BCUT2D eigenvalue weighted by molar-refractivity contribution is 0.0690. The number of carbonyl (C=O) groups excluding carboxylic acids is 1. The zero-order chi connectivity index (χ0) is 17.7. The highest BCUT2D eigenvalue weighted by Crippen LogP contribution is 2.21. The number of carboxylic acid groups (broad SMARTS) is 1. The lowest BCUT2D eigenvalue weighted by Crippen LogP contribution is -2.27. The van der Waals surface area contributed by atoms with E-state index < -0.39 is 5.97 Å². The van der Waals surface area contributed by atoms with Crippen molar-refractivity contribution in [2.24, 2.45) is 0 Å². The number of ether oxygens (including phenoxy) is 1. The van der Waals surface area contributed by atoms with E-state index in [1.165, 1.54) is 34.4 Å². The molecule has 2 heterocycles. The van der Waals surface area contributed by atoms with Crippen LogP contribution in [0.15, 0.2) is 23.6 Å². The molecular formula is C16H19N3O4S. The van der Waals surface area contributed by atoms with Gasteiger partial charge in [-0.1, -0.05) is 6.07 Å². The molecule has 0 aromatic carbocycles. The van der Waals surface area contributed by atoms with Gasteiger partial charge in [0.05, 0.1) is 12.2 Å². The summed E-state index contributed by atoms with van der Waals surface area (Å²) in [5.41, 5.74) is 0.693. The van der Waals surface area contributed by atoms with Gasteiger partial charge >= 0.3 is 5.97 Å². The first-order chi connectivity index (χ1) is 11.4. The van der Waals surface area contributed by atoms with Crippen LogP contribution < -0.4 is 0 Å². The number of thiazole rings is 1. The fourth-order valence-corrected chi connectivity index (χ4v) is 2.90. The van der Waals surface area contributed by atoms with Crippen molar-refractivity contribution in [3.8, 4) is 0 Å². The van der Waals surface area contributed by atoms with Crippen molar-refractivity contribution in [1.82, 2.24) is 14.9 Å². The molecule has 1 amide bonds. The highest BCUT2D eigenvalue weighted by atomic mass is 32.1. The molecule has 0 aliphatic heterocycles. The lowest BCUT2D eigenvalue weighted by Gasteiger charge is -2.15. The predicted octanol–water partition coefficient (Wildman–Crippen LogP) is 2.61. The van der Waals surface area contributed by atoms with Crippen molar-refractivity contribution >= 4 is 23.2 Å². The van der Waals surface area contributed by atoms with Gasteiger partial charge in [-0.15, -0.1) is 11.3 Å². The molecule has 0 spiro atoms. The maximum absolute atomic E-state index is 12.4. The Morgan fingerprint density at radius 2 is 2.04 bits per heavy atom. The number of amides is 1. The van der Waals surface area contributed by atoms with Gasteiger partial charge in [-0.05, 0) is 26.0 Å². The second kappa shape index (κ2) is 7.98. The van der Waals surface area contributed by atoms with Crippen LogP contribution in [0.1, 0.15) is 51.6 Å². The fourth-order valence-electron chi connectivity index (χ4n) is 2.09. The van der Waals surface area contributed by atoms with Crippen LogP contribution in [0, 0.1) is 0 Å². The zero-order valence-electron chi connectivity index (χ0n) is 13.7. The Morgan fingerprint density at radius 1 is 1.33 bits per heavy atom. The minimum atomic E-state index is -1.17. The summed E-state index contributed by atoms with van der Waals surface area (Å²) < 4.78 is 5.50. The van der Waals surface area contributed by atoms with Gasteiger partial charge in [-0.25, -0.2) is 14.8 Å². The molecule has 0 saturated carbocycles. The maximum Gasteiger partial charge on any atom is 0.354 e. The second-order valence-corrected chi connectivity index (χ2v) is 6.04. The molecule has 1 N–H and O–H groups in total. The van der Waals surface area contributed by atoms with Crippen molar-refractivity contribution in [2.45, 2.75) is 26.5 Å². The topological polar surface area (TPSA) is 92.6 Å². The minimum Gasteiger partial charge on any atom is -0.477 e. The summed E-state index contributed by atoms with van der Waals surface area (Å²) in [4.78, 5) is 33.1. The van der Waals surface area contributed by atoms with Gasteiger partial charge in [0.15, 0.2) is 0 Å². The van der Waals surface area contributed by atoms with Crippen LogP contribution >= 0.6 is 11.3 Å². The molecule has 24 heavy (non-hydrogen) atoms. The second-order valence-electron chi connectivity index (χ2n) is 5.15. The highest BCUT2D eigenvalue weighted by molar-refractivity contribution is 7.09. The minimum absolute atomic E-state index is 0.0799. The summed E-state index contributed by atoms with van der Waals surface area (Å²) in [6, 6.07) is 4.35. The molecular weight excluding hydrogens is 330 g/mol. The van der Waals surface area contributed by atoms with Crippen molar-refractivity contribution in [1.29, 1.82) is 0 Å². The molecule has 1 unspecified atom stereocenters. The molecule has 2 aromatic rings. The summed E-state index contributed by atoms with van der Waals surface area (Å²) >= 11 is 1.49. The van der Waals surface area contributed by atoms with E-state index in [2.05, 4.69) is 9.97 Å². The number of hydrogen-bond donors (Lipinski definition) is 1. The first-order valence-corrected chi connectivity index (χ1v) is 8.32. The van der Waals surface area contributed by atoms with Crippen LogP contribution in [0.25, 0.3) is 0 Å². The molecule has 0 saturated heterocycles. The van der Waals surface area contributed by atoms with Crippen LogP contribution in [0.2, 0.25) is 0 Å². The Morgan fingerprint density at radius 3 is 2.71 bits per heavy atom. The third kappa shape index (κ3) is 4.36. The molecule has 8 heteroatoms. The Hall–Kier alpha value is -2.32. The first-order valence-electron chi connectivity index (χ1n) is 7.44. The van der Waals surface area contributed by atoms with Crippen LogP contribution in [-0.2, 0) is 11.3 Å². The average molecular weight is 349 g/mol. The normalized spacial score (nSPS) is 12.0. The number of aromatic carboxylic acids is 1.